The summed E-state index contributed by atoms with van der Waals surface area (Å²) in [5.74, 6) is -0.855. The molecule has 11 heteroatoms. The Balaban J connectivity index is 1.12. The molecule has 2 fully saturated rings. The van der Waals surface area contributed by atoms with Crippen molar-refractivity contribution in [3.63, 3.8) is 0 Å². The minimum atomic E-state index is -0.589. The molecule has 10 nitrogen and oxygen atoms in total. The van der Waals surface area contributed by atoms with Gasteiger partial charge in [0, 0.05) is 61.1 Å². The van der Waals surface area contributed by atoms with Crippen LogP contribution in [0.25, 0.3) is 22.3 Å². The predicted molar refractivity (Wildman–Crippen MR) is 135 cm³/mol. The van der Waals surface area contributed by atoms with Gasteiger partial charge in [-0.05, 0) is 37.1 Å². The summed E-state index contributed by atoms with van der Waals surface area (Å²) in [4.78, 5) is 28.8. The standard InChI is InChI=1S/C27H24FN9O/c28-21-10-18(14-30)9-19(11-21)26(38)36-7-5-35(6-8-36)22-12-27(13-22,2-3-29)37-16-20(15-34-37)24-23-1-4-31-25(23)33-17-32-24/h1,4,9-11,15-17,22H,2,5-8,12-13H2,(H,31,32,33)/t22-,27-. The molecular formula is C27H24FN9O. The van der Waals surface area contributed by atoms with Crippen LogP contribution in [0, 0.1) is 28.5 Å². The van der Waals surface area contributed by atoms with Crippen molar-refractivity contribution >= 4 is 16.9 Å². The van der Waals surface area contributed by atoms with Gasteiger partial charge >= 0.3 is 0 Å². The minimum absolute atomic E-state index is 0.134. The van der Waals surface area contributed by atoms with E-state index in [4.69, 9.17) is 5.26 Å². The third-order valence-corrected chi connectivity index (χ3v) is 7.73. The molecule has 0 spiro atoms. The lowest BCUT2D eigenvalue weighted by molar-refractivity contribution is -0.0158. The first-order valence-corrected chi connectivity index (χ1v) is 12.4. The fourth-order valence-electron chi connectivity index (χ4n) is 5.69. The normalized spacial score (nSPS) is 21.6. The van der Waals surface area contributed by atoms with Gasteiger partial charge in [0.2, 0.25) is 0 Å². The zero-order valence-electron chi connectivity index (χ0n) is 20.5. The van der Waals surface area contributed by atoms with Gasteiger partial charge in [0.05, 0.1) is 41.6 Å². The molecule has 1 aromatic carbocycles. The molecule has 3 aromatic heterocycles. The van der Waals surface area contributed by atoms with Crippen LogP contribution in [0.2, 0.25) is 0 Å². The van der Waals surface area contributed by atoms with E-state index >= 15 is 0 Å². The van der Waals surface area contributed by atoms with Gasteiger partial charge in [-0.25, -0.2) is 14.4 Å². The van der Waals surface area contributed by atoms with Crippen molar-refractivity contribution < 1.29 is 9.18 Å². The maximum absolute atomic E-state index is 13.8. The Morgan fingerprint density at radius 3 is 2.74 bits per heavy atom. The van der Waals surface area contributed by atoms with Gasteiger partial charge in [0.15, 0.2) is 0 Å². The molecule has 1 aliphatic carbocycles. The molecule has 4 aromatic rings. The van der Waals surface area contributed by atoms with Crippen molar-refractivity contribution in [1.29, 1.82) is 10.5 Å². The molecule has 0 atom stereocenters. The Kier molecular flexibility index (Phi) is 5.86. The summed E-state index contributed by atoms with van der Waals surface area (Å²) in [6.45, 7) is 2.42. The Hall–Kier alpha value is -4.61. The Labute approximate surface area is 217 Å². The van der Waals surface area contributed by atoms with Crippen LogP contribution in [0.4, 0.5) is 4.39 Å². The van der Waals surface area contributed by atoms with E-state index in [9.17, 15) is 14.4 Å². The summed E-state index contributed by atoms with van der Waals surface area (Å²) < 4.78 is 15.7. The van der Waals surface area contributed by atoms with Crippen LogP contribution in [0.15, 0.2) is 49.2 Å². The van der Waals surface area contributed by atoms with Crippen LogP contribution >= 0.6 is 0 Å². The zero-order chi connectivity index (χ0) is 26.3. The molecular weight excluding hydrogens is 485 g/mol. The van der Waals surface area contributed by atoms with E-state index in [0.717, 1.165) is 41.2 Å². The van der Waals surface area contributed by atoms with E-state index in [2.05, 4.69) is 31.0 Å². The topological polar surface area (TPSA) is 131 Å². The first-order chi connectivity index (χ1) is 18.5. The molecule has 1 saturated heterocycles. The van der Waals surface area contributed by atoms with Gasteiger partial charge in [-0.3, -0.25) is 14.4 Å². The smallest absolute Gasteiger partial charge is 0.254 e. The molecule has 6 rings (SSSR count). The highest BCUT2D eigenvalue weighted by Crippen LogP contribution is 2.45. The van der Waals surface area contributed by atoms with Gasteiger partial charge in [-0.2, -0.15) is 15.6 Å². The maximum atomic E-state index is 13.8. The second kappa shape index (κ2) is 9.36. The summed E-state index contributed by atoms with van der Waals surface area (Å²) in [6, 6.07) is 10.2. The average Bonchev–Trinajstić information content (AvgIpc) is 3.60. The lowest BCUT2D eigenvalue weighted by atomic mass is 9.70. The number of fused-ring (bicyclic) bond motifs is 1. The van der Waals surface area contributed by atoms with Gasteiger partial charge in [-0.1, -0.05) is 0 Å². The number of aromatic nitrogens is 5. The number of benzene rings is 1. The van der Waals surface area contributed by atoms with Gasteiger partial charge in [0.25, 0.3) is 5.91 Å². The van der Waals surface area contributed by atoms with Crippen LogP contribution in [-0.2, 0) is 5.54 Å². The summed E-state index contributed by atoms with van der Waals surface area (Å²) >= 11 is 0. The molecule has 1 aliphatic heterocycles. The first-order valence-electron chi connectivity index (χ1n) is 12.4. The number of rotatable bonds is 5. The van der Waals surface area contributed by atoms with Crippen LogP contribution in [0.5, 0.6) is 0 Å². The van der Waals surface area contributed by atoms with Crippen molar-refractivity contribution in [2.75, 3.05) is 26.2 Å². The number of nitriles is 2. The van der Waals surface area contributed by atoms with Crippen LogP contribution in [-0.4, -0.2) is 72.7 Å². The number of amides is 1. The number of hydrogen-bond acceptors (Lipinski definition) is 7. The van der Waals surface area contributed by atoms with E-state index < -0.39 is 5.82 Å². The number of hydrogen-bond donors (Lipinski definition) is 1. The Morgan fingerprint density at radius 1 is 1.16 bits per heavy atom. The number of carbonyl (C=O) groups excluding carboxylic acids is 1. The fourth-order valence-corrected chi connectivity index (χ4v) is 5.69. The lowest BCUT2D eigenvalue weighted by Gasteiger charge is -2.52. The van der Waals surface area contributed by atoms with Crippen molar-refractivity contribution in [3.05, 3.63) is 66.1 Å². The third kappa shape index (κ3) is 4.07. The summed E-state index contributed by atoms with van der Waals surface area (Å²) in [5, 5.41) is 24.2. The molecule has 0 unspecified atom stereocenters. The van der Waals surface area contributed by atoms with E-state index in [-0.39, 0.29) is 28.6 Å². The second-order valence-corrected chi connectivity index (χ2v) is 9.93. The van der Waals surface area contributed by atoms with E-state index in [1.54, 1.807) is 11.1 Å². The molecule has 0 bridgehead atoms. The molecule has 0 radical (unpaired) electrons. The van der Waals surface area contributed by atoms with Gasteiger partial charge in [-0.15, -0.1) is 0 Å². The minimum Gasteiger partial charge on any atom is -0.346 e. The molecule has 4 heterocycles. The quantitative estimate of drug-likeness (QED) is 0.437. The van der Waals surface area contributed by atoms with Crippen molar-refractivity contribution in [3.8, 4) is 23.4 Å². The zero-order valence-corrected chi connectivity index (χ0v) is 20.5. The number of nitrogens with one attached hydrogen (secondary N) is 1. The molecule has 190 valence electrons. The van der Waals surface area contributed by atoms with Crippen LogP contribution < -0.4 is 0 Å². The highest BCUT2D eigenvalue weighted by atomic mass is 19.1. The van der Waals surface area contributed by atoms with Crippen LogP contribution in [0.3, 0.4) is 0 Å². The largest absolute Gasteiger partial charge is 0.346 e. The Bertz CT molecular complexity index is 1600. The predicted octanol–water partition coefficient (Wildman–Crippen LogP) is 3.06. The van der Waals surface area contributed by atoms with E-state index in [1.807, 2.05) is 29.2 Å². The number of H-pyrrole nitrogens is 1. The lowest BCUT2D eigenvalue weighted by Crippen LogP contribution is -2.60. The van der Waals surface area contributed by atoms with Gasteiger partial charge in [0.1, 0.15) is 17.8 Å². The first kappa shape index (κ1) is 23.8. The fraction of sp³-hybridized carbons (Fsp3) is 0.333. The number of aromatic amines is 1. The number of halogens is 1. The number of piperazine rings is 1. The SMILES string of the molecule is N#CC[C@]1(n2cc(-c3ncnc4[nH]ccc34)cn2)C[C@H](N2CCN(C(=O)c3cc(F)cc(C#N)c3)CC2)C1. The van der Waals surface area contributed by atoms with Crippen molar-refractivity contribution in [2.24, 2.45) is 0 Å². The average molecular weight is 510 g/mol. The molecule has 1 saturated carbocycles. The summed E-state index contributed by atoms with van der Waals surface area (Å²) in [7, 11) is 0. The molecule has 2 aliphatic rings. The molecule has 1 N–H and O–H groups in total. The third-order valence-electron chi connectivity index (χ3n) is 7.73. The van der Waals surface area contributed by atoms with Crippen molar-refractivity contribution in [1.82, 2.24) is 34.5 Å². The molecule has 1 amide bonds. The van der Waals surface area contributed by atoms with Gasteiger partial charge < -0.3 is 9.88 Å². The highest BCUT2D eigenvalue weighted by molar-refractivity contribution is 5.94. The second-order valence-electron chi connectivity index (χ2n) is 9.93. The van der Waals surface area contributed by atoms with Crippen LogP contribution in [0.1, 0.15) is 35.2 Å². The monoisotopic (exact) mass is 509 g/mol. The van der Waals surface area contributed by atoms with E-state index in [0.29, 0.717) is 32.6 Å². The molecule has 38 heavy (non-hydrogen) atoms. The van der Waals surface area contributed by atoms with Crippen molar-refractivity contribution in [2.45, 2.75) is 30.8 Å². The Morgan fingerprint density at radius 2 is 1.97 bits per heavy atom. The number of carbonyl (C=O) groups is 1. The highest BCUT2D eigenvalue weighted by Gasteiger charge is 2.49. The summed E-state index contributed by atoms with van der Waals surface area (Å²) in [6.07, 6.45) is 9.03. The number of nitrogens with zero attached hydrogens (tertiary/aromatic N) is 8. The maximum Gasteiger partial charge on any atom is 0.254 e. The van der Waals surface area contributed by atoms with E-state index in [1.165, 1.54) is 18.5 Å². The summed E-state index contributed by atoms with van der Waals surface area (Å²) in [5.41, 5.74) is 2.38.